The summed E-state index contributed by atoms with van der Waals surface area (Å²) < 4.78 is 6.21. The van der Waals surface area contributed by atoms with E-state index in [1.807, 2.05) is 18.2 Å². The number of carbonyl (C=O) groups excluding carboxylic acids is 2. The van der Waals surface area contributed by atoms with Gasteiger partial charge < -0.3 is 15.0 Å². The lowest BCUT2D eigenvalue weighted by Crippen LogP contribution is -2.49. The summed E-state index contributed by atoms with van der Waals surface area (Å²) in [5.41, 5.74) is 7.42. The molecule has 3 aliphatic rings. The summed E-state index contributed by atoms with van der Waals surface area (Å²) in [6, 6.07) is 22.7. The summed E-state index contributed by atoms with van der Waals surface area (Å²) in [7, 11) is 0. The lowest BCUT2D eigenvalue weighted by atomic mass is 9.88. The van der Waals surface area contributed by atoms with E-state index in [2.05, 4.69) is 72.3 Å². The third-order valence-corrected chi connectivity index (χ3v) is 8.58. The number of rotatable bonds is 7. The Balaban J connectivity index is 1.03. The summed E-state index contributed by atoms with van der Waals surface area (Å²) in [6.07, 6.45) is 3.69. The van der Waals surface area contributed by atoms with Crippen molar-refractivity contribution in [3.63, 3.8) is 0 Å². The molecule has 3 aromatic rings. The Morgan fingerprint density at radius 1 is 0.950 bits per heavy atom. The number of aryl methyl sites for hydroxylation is 1. The van der Waals surface area contributed by atoms with Gasteiger partial charge in [-0.2, -0.15) is 0 Å². The first-order chi connectivity index (χ1) is 19.4. The number of carbonyl (C=O) groups is 2. The van der Waals surface area contributed by atoms with Crippen molar-refractivity contribution < 1.29 is 14.3 Å². The SMILES string of the molecule is C=C1CCC(N2Cc3c(OCc4ccc(CN5CCC(c6cccc(C)c6)CC5)cc4)cccc3C2=O)C(=O)N1. The molecule has 6 rings (SSSR count). The van der Waals surface area contributed by atoms with Crippen molar-refractivity contribution in [2.45, 2.75) is 64.3 Å². The molecule has 3 aromatic carbocycles. The second kappa shape index (κ2) is 11.3. The molecule has 0 radical (unpaired) electrons. The van der Waals surface area contributed by atoms with Gasteiger partial charge in [0.1, 0.15) is 18.4 Å². The van der Waals surface area contributed by atoms with Crippen molar-refractivity contribution in [1.82, 2.24) is 15.1 Å². The van der Waals surface area contributed by atoms with Gasteiger partial charge in [0, 0.05) is 23.4 Å². The molecule has 1 atom stereocenters. The number of piperidine rings is 2. The molecule has 2 fully saturated rings. The van der Waals surface area contributed by atoms with Gasteiger partial charge in [0.05, 0.1) is 6.54 Å². The van der Waals surface area contributed by atoms with E-state index in [-0.39, 0.29) is 11.8 Å². The molecule has 0 aromatic heterocycles. The number of nitrogens with zero attached hydrogens (tertiary/aromatic N) is 2. The zero-order valence-electron chi connectivity index (χ0n) is 23.2. The van der Waals surface area contributed by atoms with Crippen LogP contribution in [0.2, 0.25) is 0 Å². The zero-order valence-corrected chi connectivity index (χ0v) is 23.2. The van der Waals surface area contributed by atoms with E-state index in [1.165, 1.54) is 29.5 Å². The van der Waals surface area contributed by atoms with Crippen LogP contribution < -0.4 is 10.1 Å². The highest BCUT2D eigenvalue weighted by molar-refractivity contribution is 6.02. The quantitative estimate of drug-likeness (QED) is 0.422. The predicted octanol–water partition coefficient (Wildman–Crippen LogP) is 5.70. The molecule has 40 heavy (non-hydrogen) atoms. The lowest BCUT2D eigenvalue weighted by molar-refractivity contribution is -0.126. The van der Waals surface area contributed by atoms with E-state index in [9.17, 15) is 9.59 Å². The molecular weight excluding hydrogens is 498 g/mol. The molecule has 0 spiro atoms. The second-order valence-electron chi connectivity index (χ2n) is 11.4. The van der Waals surface area contributed by atoms with Gasteiger partial charge in [0.15, 0.2) is 0 Å². The normalized spacial score (nSPS) is 20.0. The van der Waals surface area contributed by atoms with Crippen LogP contribution in [0.1, 0.15) is 69.8 Å². The maximum Gasteiger partial charge on any atom is 0.255 e. The van der Waals surface area contributed by atoms with Crippen LogP contribution in [0.5, 0.6) is 5.75 Å². The van der Waals surface area contributed by atoms with Crippen molar-refractivity contribution in [2.75, 3.05) is 13.1 Å². The largest absolute Gasteiger partial charge is 0.489 e. The highest BCUT2D eigenvalue weighted by atomic mass is 16.5. The van der Waals surface area contributed by atoms with Crippen LogP contribution in [0, 0.1) is 6.92 Å². The molecule has 2 amide bonds. The molecule has 206 valence electrons. The number of hydrogen-bond acceptors (Lipinski definition) is 4. The Kier molecular flexibility index (Phi) is 7.44. The van der Waals surface area contributed by atoms with Crippen LogP contribution in [-0.2, 0) is 24.5 Å². The molecule has 1 unspecified atom stereocenters. The Bertz CT molecular complexity index is 1420. The average molecular weight is 536 g/mol. The first-order valence-corrected chi connectivity index (χ1v) is 14.4. The number of benzene rings is 3. The van der Waals surface area contributed by atoms with Crippen LogP contribution in [-0.4, -0.2) is 40.7 Å². The summed E-state index contributed by atoms with van der Waals surface area (Å²) in [4.78, 5) is 29.9. The number of amides is 2. The Labute approximate surface area is 236 Å². The van der Waals surface area contributed by atoms with Gasteiger partial charge >= 0.3 is 0 Å². The van der Waals surface area contributed by atoms with Gasteiger partial charge in [0.25, 0.3) is 5.91 Å². The van der Waals surface area contributed by atoms with Crippen molar-refractivity contribution in [3.05, 3.63) is 112 Å². The van der Waals surface area contributed by atoms with Gasteiger partial charge in [0.2, 0.25) is 5.91 Å². The number of ether oxygens (including phenoxy) is 1. The molecule has 0 saturated carbocycles. The van der Waals surface area contributed by atoms with Crippen molar-refractivity contribution in [1.29, 1.82) is 0 Å². The van der Waals surface area contributed by atoms with E-state index < -0.39 is 6.04 Å². The minimum absolute atomic E-state index is 0.111. The molecule has 2 saturated heterocycles. The summed E-state index contributed by atoms with van der Waals surface area (Å²) in [6.45, 7) is 10.0. The van der Waals surface area contributed by atoms with Crippen LogP contribution in [0.3, 0.4) is 0 Å². The number of hydrogen-bond donors (Lipinski definition) is 1. The van der Waals surface area contributed by atoms with E-state index in [1.54, 1.807) is 4.90 Å². The Morgan fingerprint density at radius 2 is 1.70 bits per heavy atom. The fourth-order valence-corrected chi connectivity index (χ4v) is 6.28. The molecule has 6 heteroatoms. The van der Waals surface area contributed by atoms with Crippen molar-refractivity contribution in [3.8, 4) is 5.75 Å². The summed E-state index contributed by atoms with van der Waals surface area (Å²) >= 11 is 0. The maximum atomic E-state index is 13.1. The predicted molar refractivity (Wildman–Crippen MR) is 156 cm³/mol. The number of allylic oxidation sites excluding steroid dienone is 1. The van der Waals surface area contributed by atoms with Crippen LogP contribution in [0.15, 0.2) is 79.0 Å². The molecule has 6 nitrogen and oxygen atoms in total. The third-order valence-electron chi connectivity index (χ3n) is 8.58. The van der Waals surface area contributed by atoms with Gasteiger partial charge in [-0.05, 0) is 80.4 Å². The van der Waals surface area contributed by atoms with Crippen molar-refractivity contribution >= 4 is 11.8 Å². The first kappa shape index (κ1) is 26.3. The summed E-state index contributed by atoms with van der Waals surface area (Å²) in [5.74, 6) is 1.10. The van der Waals surface area contributed by atoms with E-state index in [0.717, 1.165) is 30.8 Å². The first-order valence-electron chi connectivity index (χ1n) is 14.4. The highest BCUT2D eigenvalue weighted by Crippen LogP contribution is 2.34. The Hall–Kier alpha value is -3.90. The van der Waals surface area contributed by atoms with Gasteiger partial charge in [-0.25, -0.2) is 0 Å². The highest BCUT2D eigenvalue weighted by Gasteiger charge is 2.39. The summed E-state index contributed by atoms with van der Waals surface area (Å²) in [5, 5.41) is 2.79. The van der Waals surface area contributed by atoms with Crippen LogP contribution in [0.4, 0.5) is 0 Å². The molecule has 1 N–H and O–H groups in total. The minimum Gasteiger partial charge on any atom is -0.489 e. The number of fused-ring (bicyclic) bond motifs is 1. The smallest absolute Gasteiger partial charge is 0.255 e. The monoisotopic (exact) mass is 535 g/mol. The van der Waals surface area contributed by atoms with Gasteiger partial charge in [-0.3, -0.25) is 14.5 Å². The fraction of sp³-hybridized carbons (Fsp3) is 0.353. The standard InChI is InChI=1S/C34H37N3O3/c1-23-5-3-6-28(19-23)27-15-17-36(18-16-27)20-25-10-12-26(13-11-25)22-40-32-8-4-7-29-30(32)21-37(34(29)39)31-14-9-24(2)35-33(31)38/h3-8,10-13,19,27,31H,2,9,14-18,20-22H2,1H3,(H,35,38). The van der Waals surface area contributed by atoms with E-state index in [4.69, 9.17) is 4.74 Å². The van der Waals surface area contributed by atoms with E-state index in [0.29, 0.717) is 48.9 Å². The topological polar surface area (TPSA) is 61.9 Å². The average Bonchev–Trinajstić information content (AvgIpc) is 3.29. The fourth-order valence-electron chi connectivity index (χ4n) is 6.28. The number of likely N-dealkylation sites (tertiary alicyclic amines) is 1. The third kappa shape index (κ3) is 5.54. The Morgan fingerprint density at radius 3 is 2.45 bits per heavy atom. The lowest BCUT2D eigenvalue weighted by Gasteiger charge is -2.32. The molecule has 3 heterocycles. The van der Waals surface area contributed by atoms with Crippen molar-refractivity contribution in [2.24, 2.45) is 0 Å². The second-order valence-corrected chi connectivity index (χ2v) is 11.4. The number of nitrogens with one attached hydrogen (secondary N) is 1. The molecule has 0 aliphatic carbocycles. The maximum absolute atomic E-state index is 13.1. The molecule has 0 bridgehead atoms. The van der Waals surface area contributed by atoms with Gasteiger partial charge in [-0.1, -0.05) is 66.7 Å². The van der Waals surface area contributed by atoms with Crippen LogP contribution in [0.25, 0.3) is 0 Å². The van der Waals surface area contributed by atoms with E-state index >= 15 is 0 Å². The van der Waals surface area contributed by atoms with Gasteiger partial charge in [-0.15, -0.1) is 0 Å². The minimum atomic E-state index is -0.473. The molecular formula is C34H37N3O3. The molecule has 3 aliphatic heterocycles. The van der Waals surface area contributed by atoms with Crippen LogP contribution >= 0.6 is 0 Å². The zero-order chi connectivity index (χ0) is 27.6.